The fourth-order valence-corrected chi connectivity index (χ4v) is 4.38. The first-order valence-corrected chi connectivity index (χ1v) is 12.7. The molecule has 0 heterocycles. The maximum Gasteiger partial charge on any atom is 0.211 e. The van der Waals surface area contributed by atoms with Crippen molar-refractivity contribution in [2.45, 2.75) is 123 Å². The van der Waals surface area contributed by atoms with Gasteiger partial charge >= 0.3 is 0 Å². The van der Waals surface area contributed by atoms with E-state index in [-0.39, 0.29) is 5.75 Å². The first kappa shape index (κ1) is 24.9. The van der Waals surface area contributed by atoms with E-state index in [0.29, 0.717) is 13.0 Å². The Hall–Kier alpha value is -0.0900. The van der Waals surface area contributed by atoms with Gasteiger partial charge < -0.3 is 0 Å². The Kier molecular flexibility index (Phi) is 18.6. The Morgan fingerprint density at radius 3 is 1.24 bits per heavy atom. The molecule has 0 unspecified atom stereocenters. The molecule has 0 fully saturated rings. The molecule has 3 nitrogen and oxygen atoms in total. The highest BCUT2D eigenvalue weighted by Gasteiger charge is 2.06. The van der Waals surface area contributed by atoms with Gasteiger partial charge in [0.2, 0.25) is 10.0 Å². The molecule has 0 aromatic rings. The van der Waals surface area contributed by atoms with E-state index in [1.165, 1.54) is 89.9 Å². The first-order valence-electron chi connectivity index (χ1n) is 11.1. The summed E-state index contributed by atoms with van der Waals surface area (Å²) in [7, 11) is -3.00. The van der Waals surface area contributed by atoms with Crippen LogP contribution in [0.4, 0.5) is 0 Å². The molecule has 1 N–H and O–H groups in total. The van der Waals surface area contributed by atoms with Crippen molar-refractivity contribution in [1.29, 1.82) is 0 Å². The molecule has 4 heteroatoms. The molecule has 0 aromatic heterocycles. The van der Waals surface area contributed by atoms with Crippen molar-refractivity contribution in [2.24, 2.45) is 0 Å². The molecule has 0 bridgehead atoms. The van der Waals surface area contributed by atoms with E-state index in [9.17, 15) is 8.42 Å². The zero-order valence-electron chi connectivity index (χ0n) is 17.2. The van der Waals surface area contributed by atoms with Gasteiger partial charge in [-0.3, -0.25) is 0 Å². The summed E-state index contributed by atoms with van der Waals surface area (Å²) >= 11 is 0. The van der Waals surface area contributed by atoms with Crippen LogP contribution in [-0.2, 0) is 10.0 Å². The van der Waals surface area contributed by atoms with Gasteiger partial charge in [-0.15, -0.1) is 0 Å². The molecule has 0 saturated carbocycles. The number of nitrogens with one attached hydrogen (secondary N) is 1. The highest BCUT2D eigenvalue weighted by molar-refractivity contribution is 7.89. The van der Waals surface area contributed by atoms with E-state index in [1.807, 2.05) is 6.92 Å². The van der Waals surface area contributed by atoms with Crippen LogP contribution in [0.25, 0.3) is 0 Å². The molecule has 0 aliphatic rings. The smallest absolute Gasteiger partial charge is 0.211 e. The lowest BCUT2D eigenvalue weighted by atomic mass is 10.0. The number of unbranched alkanes of at least 4 members (excludes halogenated alkanes) is 15. The third kappa shape index (κ3) is 20.1. The largest absolute Gasteiger partial charge is 0.215 e. The minimum atomic E-state index is -3.00. The van der Waals surface area contributed by atoms with E-state index >= 15 is 0 Å². The summed E-state index contributed by atoms with van der Waals surface area (Å²) in [5.74, 6) is 0.256. The molecule has 0 rings (SSSR count). The summed E-state index contributed by atoms with van der Waals surface area (Å²) in [6, 6.07) is 0. The summed E-state index contributed by atoms with van der Waals surface area (Å²) in [4.78, 5) is 0. The molecule has 0 aromatic carbocycles. The fourth-order valence-electron chi connectivity index (χ4n) is 3.24. The first-order chi connectivity index (χ1) is 12.1. The number of hydrogen-bond donors (Lipinski definition) is 1. The lowest BCUT2D eigenvalue weighted by Gasteiger charge is -2.05. The van der Waals surface area contributed by atoms with Crippen LogP contribution in [0.15, 0.2) is 0 Å². The third-order valence-corrected chi connectivity index (χ3v) is 6.41. The Morgan fingerprint density at radius 1 is 0.520 bits per heavy atom. The highest BCUT2D eigenvalue weighted by atomic mass is 32.2. The Balaban J connectivity index is 3.12. The van der Waals surface area contributed by atoms with Crippen LogP contribution >= 0.6 is 0 Å². The van der Waals surface area contributed by atoms with Gasteiger partial charge in [-0.25, -0.2) is 13.1 Å². The van der Waals surface area contributed by atoms with Gasteiger partial charge in [-0.05, 0) is 12.8 Å². The van der Waals surface area contributed by atoms with Gasteiger partial charge in [-0.2, -0.15) is 0 Å². The van der Waals surface area contributed by atoms with Gasteiger partial charge in [0.1, 0.15) is 0 Å². The second kappa shape index (κ2) is 18.7. The van der Waals surface area contributed by atoms with E-state index in [4.69, 9.17) is 0 Å². The van der Waals surface area contributed by atoms with Crippen LogP contribution in [0.3, 0.4) is 0 Å². The molecule has 0 atom stereocenters. The molecule has 25 heavy (non-hydrogen) atoms. The Morgan fingerprint density at radius 2 is 0.880 bits per heavy atom. The normalized spacial score (nSPS) is 11.9. The topological polar surface area (TPSA) is 46.2 Å². The van der Waals surface area contributed by atoms with Crippen LogP contribution in [0.5, 0.6) is 0 Å². The van der Waals surface area contributed by atoms with E-state index in [0.717, 1.165) is 12.8 Å². The quantitative estimate of drug-likeness (QED) is 0.244. The van der Waals surface area contributed by atoms with Crippen LogP contribution < -0.4 is 4.72 Å². The number of hydrogen-bond acceptors (Lipinski definition) is 2. The summed E-state index contributed by atoms with van der Waals surface area (Å²) < 4.78 is 25.6. The molecule has 0 aliphatic carbocycles. The SMILES string of the molecule is CCCCCCCCCCCCCCCCCCNS(=O)(=O)CCC. The Bertz CT molecular complexity index is 355. The van der Waals surface area contributed by atoms with Crippen molar-refractivity contribution in [1.82, 2.24) is 4.72 Å². The summed E-state index contributed by atoms with van der Waals surface area (Å²) in [5, 5.41) is 0. The van der Waals surface area contributed by atoms with Gasteiger partial charge in [0, 0.05) is 6.54 Å². The predicted molar refractivity (Wildman–Crippen MR) is 112 cm³/mol. The van der Waals surface area contributed by atoms with Crippen molar-refractivity contribution in [3.63, 3.8) is 0 Å². The van der Waals surface area contributed by atoms with Gasteiger partial charge in [-0.1, -0.05) is 110 Å². The lowest BCUT2D eigenvalue weighted by Crippen LogP contribution is -2.27. The lowest BCUT2D eigenvalue weighted by molar-refractivity contribution is 0.528. The summed E-state index contributed by atoms with van der Waals surface area (Å²) in [6.07, 6.45) is 22.2. The van der Waals surface area contributed by atoms with Gasteiger partial charge in [0.25, 0.3) is 0 Å². The fraction of sp³-hybridized carbons (Fsp3) is 1.00. The second-order valence-electron chi connectivity index (χ2n) is 7.52. The Labute approximate surface area is 158 Å². The molecule has 0 saturated heterocycles. The zero-order chi connectivity index (χ0) is 18.6. The van der Waals surface area contributed by atoms with Crippen LogP contribution in [0, 0.1) is 0 Å². The average molecular weight is 376 g/mol. The van der Waals surface area contributed by atoms with Crippen LogP contribution in [0.2, 0.25) is 0 Å². The van der Waals surface area contributed by atoms with Crippen molar-refractivity contribution in [3.05, 3.63) is 0 Å². The monoisotopic (exact) mass is 375 g/mol. The maximum atomic E-state index is 11.5. The predicted octanol–water partition coefficient (Wildman–Crippen LogP) is 6.58. The average Bonchev–Trinajstić information content (AvgIpc) is 2.57. The van der Waals surface area contributed by atoms with E-state index in [2.05, 4.69) is 11.6 Å². The molecular weight excluding hydrogens is 330 g/mol. The summed E-state index contributed by atoms with van der Waals surface area (Å²) in [6.45, 7) is 4.78. The minimum absolute atomic E-state index is 0.256. The van der Waals surface area contributed by atoms with Crippen molar-refractivity contribution in [2.75, 3.05) is 12.3 Å². The van der Waals surface area contributed by atoms with Gasteiger partial charge in [0.15, 0.2) is 0 Å². The maximum absolute atomic E-state index is 11.5. The summed E-state index contributed by atoms with van der Waals surface area (Å²) in [5.41, 5.74) is 0. The number of rotatable bonds is 20. The molecule has 0 amide bonds. The number of sulfonamides is 1. The zero-order valence-corrected chi connectivity index (χ0v) is 18.0. The van der Waals surface area contributed by atoms with E-state index in [1.54, 1.807) is 0 Å². The highest BCUT2D eigenvalue weighted by Crippen LogP contribution is 2.13. The third-order valence-electron chi connectivity index (χ3n) is 4.83. The molecular formula is C21H45NO2S. The van der Waals surface area contributed by atoms with Gasteiger partial charge in [0.05, 0.1) is 5.75 Å². The molecule has 0 radical (unpaired) electrons. The molecule has 0 aliphatic heterocycles. The standard InChI is InChI=1S/C21H45NO2S/c1-3-5-6-7-8-9-10-11-12-13-14-15-16-17-18-19-20-22-25(23,24)21-4-2/h22H,3-21H2,1-2H3. The van der Waals surface area contributed by atoms with E-state index < -0.39 is 10.0 Å². The molecule has 0 spiro atoms. The molecule has 152 valence electrons. The van der Waals surface area contributed by atoms with Crippen molar-refractivity contribution < 1.29 is 8.42 Å². The van der Waals surface area contributed by atoms with Crippen molar-refractivity contribution in [3.8, 4) is 0 Å². The van der Waals surface area contributed by atoms with Crippen LogP contribution in [-0.4, -0.2) is 20.7 Å². The minimum Gasteiger partial charge on any atom is -0.215 e. The second-order valence-corrected chi connectivity index (χ2v) is 9.44. The van der Waals surface area contributed by atoms with Crippen LogP contribution in [0.1, 0.15) is 123 Å². The van der Waals surface area contributed by atoms with Crippen molar-refractivity contribution >= 4 is 10.0 Å².